The molecule has 1 amide bonds. The van der Waals surface area contributed by atoms with E-state index < -0.39 is 5.97 Å². The Balaban J connectivity index is 2.19. The van der Waals surface area contributed by atoms with Crippen molar-refractivity contribution in [3.8, 4) is 5.75 Å². The summed E-state index contributed by atoms with van der Waals surface area (Å²) in [7, 11) is 0. The molecule has 1 aromatic rings. The van der Waals surface area contributed by atoms with Crippen molar-refractivity contribution in [2.75, 3.05) is 11.9 Å². The van der Waals surface area contributed by atoms with Crippen molar-refractivity contribution in [2.45, 2.75) is 32.6 Å². The van der Waals surface area contributed by atoms with E-state index in [-0.39, 0.29) is 12.3 Å². The summed E-state index contributed by atoms with van der Waals surface area (Å²) in [5.41, 5.74) is 0.737. The van der Waals surface area contributed by atoms with Gasteiger partial charge in [0.1, 0.15) is 5.75 Å². The molecule has 0 unspecified atom stereocenters. The molecule has 1 aromatic carbocycles. The maximum Gasteiger partial charge on any atom is 0.303 e. The number of carbonyl (C=O) groups is 2. The summed E-state index contributed by atoms with van der Waals surface area (Å²) in [4.78, 5) is 21.1. The number of carboxylic acids is 1. The molecular formula is C14H19NO4. The highest BCUT2D eigenvalue weighted by atomic mass is 16.5. The van der Waals surface area contributed by atoms with Gasteiger partial charge in [-0.2, -0.15) is 0 Å². The SMILES string of the molecule is CC(=O)Nc1ccc(OCCCCCC(=O)O)cc1. The summed E-state index contributed by atoms with van der Waals surface area (Å²) in [6.45, 7) is 2.03. The van der Waals surface area contributed by atoms with Crippen LogP contribution in [-0.4, -0.2) is 23.6 Å². The molecule has 0 aliphatic rings. The van der Waals surface area contributed by atoms with Gasteiger partial charge in [0.05, 0.1) is 6.61 Å². The lowest BCUT2D eigenvalue weighted by Gasteiger charge is -2.07. The molecule has 0 saturated carbocycles. The van der Waals surface area contributed by atoms with Crippen LogP contribution >= 0.6 is 0 Å². The zero-order valence-electron chi connectivity index (χ0n) is 11.0. The van der Waals surface area contributed by atoms with Crippen molar-refractivity contribution in [1.29, 1.82) is 0 Å². The lowest BCUT2D eigenvalue weighted by atomic mass is 10.2. The predicted octanol–water partition coefficient (Wildman–Crippen LogP) is 2.67. The first kappa shape index (κ1) is 15.0. The van der Waals surface area contributed by atoms with Crippen LogP contribution in [0.15, 0.2) is 24.3 Å². The van der Waals surface area contributed by atoms with E-state index in [4.69, 9.17) is 9.84 Å². The van der Waals surface area contributed by atoms with Gasteiger partial charge in [0.15, 0.2) is 0 Å². The molecule has 5 heteroatoms. The highest BCUT2D eigenvalue weighted by Crippen LogP contribution is 2.16. The number of carbonyl (C=O) groups excluding carboxylic acids is 1. The molecule has 0 aromatic heterocycles. The van der Waals surface area contributed by atoms with Gasteiger partial charge < -0.3 is 15.2 Å². The molecule has 0 aliphatic carbocycles. The molecule has 5 nitrogen and oxygen atoms in total. The summed E-state index contributed by atoms with van der Waals surface area (Å²) in [5.74, 6) is -0.117. The fourth-order valence-corrected chi connectivity index (χ4v) is 1.58. The summed E-state index contributed by atoms with van der Waals surface area (Å²) >= 11 is 0. The summed E-state index contributed by atoms with van der Waals surface area (Å²) < 4.78 is 5.51. The standard InChI is InChI=1S/C14H19NO4/c1-11(16)15-12-6-8-13(9-7-12)19-10-4-2-3-5-14(17)18/h6-9H,2-5,10H2,1H3,(H,15,16)(H,17,18). The van der Waals surface area contributed by atoms with Crippen molar-refractivity contribution >= 4 is 17.6 Å². The van der Waals surface area contributed by atoms with E-state index in [1.807, 2.05) is 0 Å². The number of aliphatic carboxylic acids is 1. The maximum atomic E-state index is 10.8. The number of benzene rings is 1. The van der Waals surface area contributed by atoms with E-state index in [1.54, 1.807) is 24.3 Å². The number of anilines is 1. The average Bonchev–Trinajstić information content (AvgIpc) is 2.34. The van der Waals surface area contributed by atoms with Crippen molar-refractivity contribution in [1.82, 2.24) is 0 Å². The van der Waals surface area contributed by atoms with Crippen LogP contribution in [0.4, 0.5) is 5.69 Å². The molecular weight excluding hydrogens is 246 g/mol. The van der Waals surface area contributed by atoms with Gasteiger partial charge in [-0.25, -0.2) is 0 Å². The molecule has 0 spiro atoms. The second-order valence-electron chi connectivity index (χ2n) is 4.26. The van der Waals surface area contributed by atoms with Crippen LogP contribution in [0.1, 0.15) is 32.6 Å². The van der Waals surface area contributed by atoms with E-state index in [2.05, 4.69) is 5.32 Å². The number of hydrogen-bond donors (Lipinski definition) is 2. The molecule has 0 aliphatic heterocycles. The van der Waals surface area contributed by atoms with Crippen LogP contribution in [0.2, 0.25) is 0 Å². The Kier molecular flexibility index (Phi) is 6.43. The lowest BCUT2D eigenvalue weighted by Crippen LogP contribution is -2.05. The van der Waals surface area contributed by atoms with Gasteiger partial charge >= 0.3 is 5.97 Å². The Morgan fingerprint density at radius 1 is 1.16 bits per heavy atom. The average molecular weight is 265 g/mol. The molecule has 0 heterocycles. The molecule has 1 rings (SSSR count). The first-order valence-corrected chi connectivity index (χ1v) is 6.30. The van der Waals surface area contributed by atoms with Gasteiger partial charge in [0.25, 0.3) is 0 Å². The van der Waals surface area contributed by atoms with E-state index in [1.165, 1.54) is 6.92 Å². The van der Waals surface area contributed by atoms with Crippen LogP contribution in [0.3, 0.4) is 0 Å². The van der Waals surface area contributed by atoms with Crippen LogP contribution in [0.5, 0.6) is 5.75 Å². The van der Waals surface area contributed by atoms with Crippen molar-refractivity contribution in [3.05, 3.63) is 24.3 Å². The smallest absolute Gasteiger partial charge is 0.303 e. The number of hydrogen-bond acceptors (Lipinski definition) is 3. The highest BCUT2D eigenvalue weighted by Gasteiger charge is 1.99. The van der Waals surface area contributed by atoms with Crippen LogP contribution in [0, 0.1) is 0 Å². The van der Waals surface area contributed by atoms with Crippen molar-refractivity contribution < 1.29 is 19.4 Å². The molecule has 104 valence electrons. The third-order valence-electron chi connectivity index (χ3n) is 2.48. The first-order chi connectivity index (χ1) is 9.08. The van der Waals surface area contributed by atoms with Gasteiger partial charge in [-0.15, -0.1) is 0 Å². The lowest BCUT2D eigenvalue weighted by molar-refractivity contribution is -0.137. The first-order valence-electron chi connectivity index (χ1n) is 6.30. The fourth-order valence-electron chi connectivity index (χ4n) is 1.58. The third kappa shape index (κ3) is 7.08. The zero-order chi connectivity index (χ0) is 14.1. The topological polar surface area (TPSA) is 75.6 Å². The molecule has 0 fully saturated rings. The molecule has 2 N–H and O–H groups in total. The van der Waals surface area contributed by atoms with Gasteiger partial charge in [-0.1, -0.05) is 0 Å². The normalized spacial score (nSPS) is 9.95. The molecule has 19 heavy (non-hydrogen) atoms. The third-order valence-corrected chi connectivity index (χ3v) is 2.48. The molecule has 0 radical (unpaired) electrons. The molecule has 0 bridgehead atoms. The van der Waals surface area contributed by atoms with E-state index in [0.29, 0.717) is 13.0 Å². The Labute approximate surface area is 112 Å². The summed E-state index contributed by atoms with van der Waals surface area (Å²) in [6, 6.07) is 7.15. The van der Waals surface area contributed by atoms with E-state index in [9.17, 15) is 9.59 Å². The number of ether oxygens (including phenoxy) is 1. The molecule has 0 saturated heterocycles. The van der Waals surface area contributed by atoms with E-state index >= 15 is 0 Å². The summed E-state index contributed by atoms with van der Waals surface area (Å²) in [6.07, 6.45) is 2.57. The van der Waals surface area contributed by atoms with Gasteiger partial charge in [0.2, 0.25) is 5.91 Å². The van der Waals surface area contributed by atoms with Crippen molar-refractivity contribution in [3.63, 3.8) is 0 Å². The predicted molar refractivity (Wildman–Crippen MR) is 72.3 cm³/mol. The Morgan fingerprint density at radius 3 is 2.42 bits per heavy atom. The quantitative estimate of drug-likeness (QED) is 0.708. The van der Waals surface area contributed by atoms with Crippen LogP contribution in [0.25, 0.3) is 0 Å². The van der Waals surface area contributed by atoms with Gasteiger partial charge in [-0.05, 0) is 43.5 Å². The molecule has 0 atom stereocenters. The number of nitrogens with one attached hydrogen (secondary N) is 1. The monoisotopic (exact) mass is 265 g/mol. The van der Waals surface area contributed by atoms with E-state index in [0.717, 1.165) is 24.3 Å². The fraction of sp³-hybridized carbons (Fsp3) is 0.429. The number of carboxylic acid groups (broad SMARTS) is 1. The Morgan fingerprint density at radius 2 is 1.84 bits per heavy atom. The number of rotatable bonds is 8. The Bertz CT molecular complexity index is 414. The zero-order valence-corrected chi connectivity index (χ0v) is 11.0. The largest absolute Gasteiger partial charge is 0.494 e. The minimum atomic E-state index is -0.755. The summed E-state index contributed by atoms with van der Waals surface area (Å²) in [5, 5.41) is 11.2. The Hall–Kier alpha value is -2.04. The maximum absolute atomic E-state index is 10.8. The van der Waals surface area contributed by atoms with Crippen LogP contribution < -0.4 is 10.1 Å². The van der Waals surface area contributed by atoms with Gasteiger partial charge in [-0.3, -0.25) is 9.59 Å². The van der Waals surface area contributed by atoms with Gasteiger partial charge in [0, 0.05) is 19.0 Å². The second-order valence-corrected chi connectivity index (χ2v) is 4.26. The minimum absolute atomic E-state index is 0.105. The van der Waals surface area contributed by atoms with Crippen molar-refractivity contribution in [2.24, 2.45) is 0 Å². The van der Waals surface area contributed by atoms with Crippen LogP contribution in [-0.2, 0) is 9.59 Å². The number of unbranched alkanes of at least 4 members (excludes halogenated alkanes) is 2. The number of amides is 1. The minimum Gasteiger partial charge on any atom is -0.494 e. The highest BCUT2D eigenvalue weighted by molar-refractivity contribution is 5.88. The second kappa shape index (κ2) is 8.13.